The minimum Gasteiger partial charge on any atom is -0.464 e. The van der Waals surface area contributed by atoms with Gasteiger partial charge in [0.25, 0.3) is 0 Å². The molecule has 1 heterocycles. The fraction of sp³-hybridized carbons (Fsp3) is 0.733. The zero-order valence-electron chi connectivity index (χ0n) is 12.8. The molecule has 0 amide bonds. The second-order valence-corrected chi connectivity index (χ2v) is 5.65. The quantitative estimate of drug-likeness (QED) is 0.860. The molecule has 1 aromatic rings. The van der Waals surface area contributed by atoms with E-state index < -0.39 is 5.97 Å². The van der Waals surface area contributed by atoms with Gasteiger partial charge in [-0.1, -0.05) is 27.2 Å². The maximum Gasteiger partial charge on any atom is 0.360 e. The highest BCUT2D eigenvalue weighted by Crippen LogP contribution is 2.43. The van der Waals surface area contributed by atoms with Gasteiger partial charge in [0.2, 0.25) is 0 Å². The maximum atomic E-state index is 11.8. The molecule has 20 heavy (non-hydrogen) atoms. The van der Waals surface area contributed by atoms with E-state index in [-0.39, 0.29) is 5.69 Å². The Morgan fingerprint density at radius 1 is 1.45 bits per heavy atom. The Hall–Kier alpha value is -1.52. The van der Waals surface area contributed by atoms with Crippen LogP contribution < -0.4 is 5.73 Å². The van der Waals surface area contributed by atoms with Crippen molar-refractivity contribution < 1.29 is 9.53 Å². The van der Waals surface area contributed by atoms with Crippen LogP contribution in [-0.4, -0.2) is 22.6 Å². The number of hydrogen-bond donors (Lipinski definition) is 1. The van der Waals surface area contributed by atoms with Crippen molar-refractivity contribution in [1.29, 1.82) is 0 Å². The van der Waals surface area contributed by atoms with Crippen LogP contribution in [0.25, 0.3) is 0 Å². The number of carbonyl (C=O) groups excluding carboxylic acids is 1. The Balaban J connectivity index is 2.41. The number of ether oxygens (including phenoxy) is 1. The van der Waals surface area contributed by atoms with E-state index in [2.05, 4.69) is 23.4 Å². The highest BCUT2D eigenvalue weighted by Gasteiger charge is 2.36. The van der Waals surface area contributed by atoms with E-state index in [4.69, 9.17) is 10.5 Å². The van der Waals surface area contributed by atoms with Crippen molar-refractivity contribution in [1.82, 2.24) is 9.55 Å². The van der Waals surface area contributed by atoms with Gasteiger partial charge in [-0.15, -0.1) is 0 Å². The van der Waals surface area contributed by atoms with Crippen molar-refractivity contribution in [3.05, 3.63) is 11.5 Å². The second kappa shape index (κ2) is 5.85. The van der Waals surface area contributed by atoms with E-state index in [9.17, 15) is 4.79 Å². The summed E-state index contributed by atoms with van der Waals surface area (Å²) in [5, 5.41) is 0. The molecule has 0 aromatic carbocycles. The van der Waals surface area contributed by atoms with Gasteiger partial charge in [-0.25, -0.2) is 9.78 Å². The number of anilines is 1. The van der Waals surface area contributed by atoms with E-state index in [1.807, 2.05) is 6.92 Å². The molecule has 3 atom stereocenters. The van der Waals surface area contributed by atoms with Gasteiger partial charge in [0.05, 0.1) is 7.11 Å². The van der Waals surface area contributed by atoms with E-state index in [1.165, 1.54) is 20.0 Å². The molecule has 0 radical (unpaired) electrons. The molecular formula is C15H25N3O2. The van der Waals surface area contributed by atoms with Gasteiger partial charge in [-0.2, -0.15) is 0 Å². The first-order valence-electron chi connectivity index (χ1n) is 7.49. The number of carbonyl (C=O) groups is 1. The van der Waals surface area contributed by atoms with Crippen LogP contribution in [0.2, 0.25) is 0 Å². The standard InChI is InChI=1S/C15H25N3O2/c1-5-10-7-8-11(9(10)3)18-12(6-2)17-13(14(18)16)15(19)20-4/h9-11H,5-8,16H2,1-4H3. The monoisotopic (exact) mass is 279 g/mol. The third-order valence-corrected chi connectivity index (χ3v) is 4.76. The van der Waals surface area contributed by atoms with Crippen LogP contribution in [0.15, 0.2) is 0 Å². The van der Waals surface area contributed by atoms with Gasteiger partial charge < -0.3 is 15.0 Å². The highest BCUT2D eigenvalue weighted by atomic mass is 16.5. The summed E-state index contributed by atoms with van der Waals surface area (Å²) in [7, 11) is 1.36. The number of hydrogen-bond acceptors (Lipinski definition) is 4. The highest BCUT2D eigenvalue weighted by molar-refractivity contribution is 5.92. The van der Waals surface area contributed by atoms with E-state index in [1.54, 1.807) is 0 Å². The smallest absolute Gasteiger partial charge is 0.360 e. The van der Waals surface area contributed by atoms with Crippen molar-refractivity contribution in [3.8, 4) is 0 Å². The number of nitrogen functional groups attached to an aromatic ring is 1. The number of aromatic nitrogens is 2. The van der Waals surface area contributed by atoms with E-state index in [0.717, 1.165) is 24.6 Å². The average molecular weight is 279 g/mol. The molecule has 0 bridgehead atoms. The Labute approximate surface area is 120 Å². The van der Waals surface area contributed by atoms with Crippen molar-refractivity contribution in [2.45, 2.75) is 52.5 Å². The minimum absolute atomic E-state index is 0.261. The molecule has 5 heteroatoms. The molecule has 2 rings (SSSR count). The molecule has 0 spiro atoms. The average Bonchev–Trinajstić information content (AvgIpc) is 2.98. The molecule has 112 valence electrons. The molecule has 1 aliphatic carbocycles. The molecule has 0 saturated heterocycles. The first kappa shape index (κ1) is 14.9. The third-order valence-electron chi connectivity index (χ3n) is 4.76. The lowest BCUT2D eigenvalue weighted by Crippen LogP contribution is -2.19. The van der Waals surface area contributed by atoms with Gasteiger partial charge in [0.1, 0.15) is 11.6 Å². The molecular weight excluding hydrogens is 254 g/mol. The fourth-order valence-electron chi connectivity index (χ4n) is 3.52. The van der Waals surface area contributed by atoms with Crippen LogP contribution in [0, 0.1) is 11.8 Å². The number of esters is 1. The van der Waals surface area contributed by atoms with Crippen LogP contribution in [0.4, 0.5) is 5.82 Å². The predicted octanol–water partition coefficient (Wildman–Crippen LogP) is 2.81. The van der Waals surface area contributed by atoms with E-state index >= 15 is 0 Å². The summed E-state index contributed by atoms with van der Waals surface area (Å²) in [5.74, 6) is 2.19. The molecule has 2 N–H and O–H groups in total. The third kappa shape index (κ3) is 2.30. The summed E-state index contributed by atoms with van der Waals surface area (Å²) in [6.45, 7) is 6.56. The molecule has 1 fully saturated rings. The van der Waals surface area contributed by atoms with Crippen molar-refractivity contribution in [2.75, 3.05) is 12.8 Å². The molecule has 3 unspecified atom stereocenters. The summed E-state index contributed by atoms with van der Waals surface area (Å²) in [6, 6.07) is 0.348. The Morgan fingerprint density at radius 3 is 2.65 bits per heavy atom. The topological polar surface area (TPSA) is 70.1 Å². The lowest BCUT2D eigenvalue weighted by atomic mass is 9.93. The number of methoxy groups -OCH3 is 1. The van der Waals surface area contributed by atoms with Crippen molar-refractivity contribution >= 4 is 11.8 Å². The SMILES string of the molecule is CCc1nc(C(=O)OC)c(N)n1C1CCC(CC)C1C. The van der Waals surface area contributed by atoms with Crippen LogP contribution in [-0.2, 0) is 11.2 Å². The van der Waals surface area contributed by atoms with Gasteiger partial charge >= 0.3 is 5.97 Å². The molecule has 0 aliphatic heterocycles. The van der Waals surface area contributed by atoms with Gasteiger partial charge in [0.15, 0.2) is 5.69 Å². The molecule has 1 aliphatic rings. The molecule has 1 saturated carbocycles. The summed E-state index contributed by atoms with van der Waals surface area (Å²) in [4.78, 5) is 16.1. The van der Waals surface area contributed by atoms with Crippen molar-refractivity contribution in [3.63, 3.8) is 0 Å². The number of rotatable bonds is 4. The summed E-state index contributed by atoms with van der Waals surface area (Å²) in [5.41, 5.74) is 6.45. The van der Waals surface area contributed by atoms with Crippen LogP contribution in [0.3, 0.4) is 0 Å². The fourth-order valence-corrected chi connectivity index (χ4v) is 3.52. The van der Waals surface area contributed by atoms with Crippen LogP contribution >= 0.6 is 0 Å². The molecule has 5 nitrogen and oxygen atoms in total. The number of aryl methyl sites for hydroxylation is 1. The van der Waals surface area contributed by atoms with Gasteiger partial charge in [-0.3, -0.25) is 0 Å². The Kier molecular flexibility index (Phi) is 4.35. The second-order valence-electron chi connectivity index (χ2n) is 5.65. The lowest BCUT2D eigenvalue weighted by molar-refractivity contribution is 0.0595. The van der Waals surface area contributed by atoms with Crippen molar-refractivity contribution in [2.24, 2.45) is 11.8 Å². The van der Waals surface area contributed by atoms with Crippen LogP contribution in [0.5, 0.6) is 0 Å². The number of nitrogens with two attached hydrogens (primary N) is 1. The minimum atomic E-state index is -0.450. The first-order valence-corrected chi connectivity index (χ1v) is 7.49. The zero-order valence-corrected chi connectivity index (χ0v) is 12.8. The Bertz CT molecular complexity index is 496. The number of imidazole rings is 1. The predicted molar refractivity (Wildman–Crippen MR) is 78.6 cm³/mol. The zero-order chi connectivity index (χ0) is 14.9. The van der Waals surface area contributed by atoms with E-state index in [0.29, 0.717) is 17.8 Å². The first-order chi connectivity index (χ1) is 9.54. The Morgan fingerprint density at radius 2 is 2.15 bits per heavy atom. The molecule has 1 aromatic heterocycles. The summed E-state index contributed by atoms with van der Waals surface area (Å²) < 4.78 is 6.84. The lowest BCUT2D eigenvalue weighted by Gasteiger charge is -2.23. The van der Waals surface area contributed by atoms with Gasteiger partial charge in [0, 0.05) is 12.5 Å². The number of nitrogens with zero attached hydrogens (tertiary/aromatic N) is 2. The maximum absolute atomic E-state index is 11.8. The van der Waals surface area contributed by atoms with Gasteiger partial charge in [-0.05, 0) is 24.7 Å². The normalized spacial score (nSPS) is 25.9. The van der Waals surface area contributed by atoms with Crippen LogP contribution in [0.1, 0.15) is 62.4 Å². The summed E-state index contributed by atoms with van der Waals surface area (Å²) >= 11 is 0. The largest absolute Gasteiger partial charge is 0.464 e. The summed E-state index contributed by atoms with van der Waals surface area (Å²) in [6.07, 6.45) is 4.28.